The maximum absolute atomic E-state index is 13.4. The first-order valence-corrected chi connectivity index (χ1v) is 12.1. The minimum absolute atomic E-state index is 0.139. The van der Waals surface area contributed by atoms with Gasteiger partial charge < -0.3 is 9.84 Å². The van der Waals surface area contributed by atoms with Gasteiger partial charge in [0.25, 0.3) is 11.5 Å². The van der Waals surface area contributed by atoms with Crippen LogP contribution in [0.1, 0.15) is 28.3 Å². The summed E-state index contributed by atoms with van der Waals surface area (Å²) < 4.78 is 6.09. The zero-order chi connectivity index (χ0) is 26.4. The molecule has 0 aliphatic carbocycles. The van der Waals surface area contributed by atoms with Gasteiger partial charge >= 0.3 is 5.91 Å². The van der Waals surface area contributed by atoms with Crippen LogP contribution in [0.5, 0.6) is 5.75 Å². The van der Waals surface area contributed by atoms with E-state index in [-0.39, 0.29) is 17.0 Å². The number of nitro benzene ring substituents is 1. The highest BCUT2D eigenvalue weighted by atomic mass is 32.1. The van der Waals surface area contributed by atoms with Gasteiger partial charge in [-0.25, -0.2) is 4.98 Å². The van der Waals surface area contributed by atoms with Crippen LogP contribution < -0.4 is 9.64 Å². The van der Waals surface area contributed by atoms with Crippen molar-refractivity contribution in [3.8, 4) is 5.75 Å². The van der Waals surface area contributed by atoms with E-state index in [0.29, 0.717) is 27.5 Å². The van der Waals surface area contributed by atoms with Crippen LogP contribution in [-0.2, 0) is 9.59 Å². The summed E-state index contributed by atoms with van der Waals surface area (Å²) in [5, 5.41) is 22.8. The van der Waals surface area contributed by atoms with Crippen LogP contribution in [0.3, 0.4) is 0 Å². The molecule has 1 saturated heterocycles. The number of aryl methyl sites for hydroxylation is 2. The van der Waals surface area contributed by atoms with Crippen LogP contribution in [0.2, 0.25) is 0 Å². The number of Topliss-reactive ketones (excluding diaryl/α,β-unsaturated/α-hetero) is 1. The molecule has 0 unspecified atom stereocenters. The highest BCUT2D eigenvalue weighted by Crippen LogP contribution is 2.45. The predicted octanol–water partition coefficient (Wildman–Crippen LogP) is 5.46. The maximum atomic E-state index is 13.4. The zero-order valence-electron chi connectivity index (χ0n) is 20.1. The summed E-state index contributed by atoms with van der Waals surface area (Å²) in [7, 11) is 1.48. The number of hydrogen-bond donors (Lipinski definition) is 1. The van der Waals surface area contributed by atoms with Crippen molar-refractivity contribution >= 4 is 49.8 Å². The van der Waals surface area contributed by atoms with Crippen LogP contribution in [0, 0.1) is 24.0 Å². The van der Waals surface area contributed by atoms with Crippen molar-refractivity contribution < 1.29 is 24.4 Å². The van der Waals surface area contributed by atoms with Gasteiger partial charge in [-0.05, 0) is 60.9 Å². The topological polar surface area (TPSA) is 123 Å². The van der Waals surface area contributed by atoms with Crippen molar-refractivity contribution in [1.29, 1.82) is 0 Å². The fourth-order valence-corrected chi connectivity index (χ4v) is 5.68. The van der Waals surface area contributed by atoms with Crippen LogP contribution in [-0.4, -0.2) is 33.8 Å². The van der Waals surface area contributed by atoms with Gasteiger partial charge in [-0.3, -0.25) is 24.6 Å². The number of amides is 1. The Morgan fingerprint density at radius 1 is 1.11 bits per heavy atom. The summed E-state index contributed by atoms with van der Waals surface area (Å²) in [5.74, 6) is -1.64. The van der Waals surface area contributed by atoms with E-state index in [4.69, 9.17) is 4.74 Å². The number of carbonyl (C=O) groups is 2. The van der Waals surface area contributed by atoms with Crippen LogP contribution >= 0.6 is 11.3 Å². The van der Waals surface area contributed by atoms with E-state index in [1.165, 1.54) is 47.6 Å². The largest absolute Gasteiger partial charge is 0.507 e. The molecule has 10 heteroatoms. The number of hydrogen-bond acceptors (Lipinski definition) is 8. The number of nitrogens with zero attached hydrogens (tertiary/aromatic N) is 3. The van der Waals surface area contributed by atoms with Crippen molar-refractivity contribution in [2.45, 2.75) is 19.9 Å². The van der Waals surface area contributed by atoms with Gasteiger partial charge in [0.05, 0.1) is 33.9 Å². The number of fused-ring (bicyclic) bond motifs is 1. The molecule has 0 bridgehead atoms. The molecular formula is C27H21N3O6S. The summed E-state index contributed by atoms with van der Waals surface area (Å²) in [4.78, 5) is 43.4. The van der Waals surface area contributed by atoms with E-state index in [1.807, 2.05) is 26.0 Å². The lowest BCUT2D eigenvalue weighted by atomic mass is 9.95. The number of non-ortho nitro benzene ring substituents is 1. The number of methoxy groups -OCH3 is 1. The van der Waals surface area contributed by atoms with Crippen molar-refractivity contribution in [3.05, 3.63) is 98.6 Å². The number of carbonyl (C=O) groups excluding carboxylic acids is 2. The van der Waals surface area contributed by atoms with E-state index in [0.717, 1.165) is 15.8 Å². The average Bonchev–Trinajstić information content (AvgIpc) is 3.42. The Morgan fingerprint density at radius 3 is 2.51 bits per heavy atom. The standard InChI is InChI=1S/C27H21N3O6S/c1-14-11-15(2)22-20(12-14)37-27(28-22)29-23(16-7-9-18(10-8-16)30(34)35)21(25(32)26(29)33)24(31)17-5-4-6-19(13-17)36-3/h4-13,23,31H,1-3H3/b24-21+/t23-/m0/s1. The van der Waals surface area contributed by atoms with Gasteiger partial charge in [-0.1, -0.05) is 29.5 Å². The molecule has 1 amide bonds. The van der Waals surface area contributed by atoms with Gasteiger partial charge in [0.2, 0.25) is 0 Å². The van der Waals surface area contributed by atoms with E-state index in [1.54, 1.807) is 24.3 Å². The second kappa shape index (κ2) is 9.14. The Labute approximate surface area is 215 Å². The molecule has 5 rings (SSSR count). The predicted molar refractivity (Wildman–Crippen MR) is 140 cm³/mol. The Balaban J connectivity index is 1.74. The van der Waals surface area contributed by atoms with Gasteiger partial charge in [0, 0.05) is 17.7 Å². The third kappa shape index (κ3) is 4.11. The monoisotopic (exact) mass is 515 g/mol. The maximum Gasteiger partial charge on any atom is 0.301 e. The van der Waals surface area contributed by atoms with Crippen molar-refractivity contribution in [2.75, 3.05) is 12.0 Å². The Morgan fingerprint density at radius 2 is 1.84 bits per heavy atom. The van der Waals surface area contributed by atoms with Gasteiger partial charge in [-0.2, -0.15) is 0 Å². The Bertz CT molecular complexity index is 1620. The lowest BCUT2D eigenvalue weighted by molar-refractivity contribution is -0.384. The van der Waals surface area contributed by atoms with Crippen molar-refractivity contribution in [2.24, 2.45) is 0 Å². The van der Waals surface area contributed by atoms with Crippen LogP contribution in [0.25, 0.3) is 16.0 Å². The number of nitro groups is 1. The molecular weight excluding hydrogens is 494 g/mol. The summed E-state index contributed by atoms with van der Waals surface area (Å²) in [6, 6.07) is 14.9. The number of anilines is 1. The number of aliphatic hydroxyl groups is 1. The van der Waals surface area contributed by atoms with Crippen molar-refractivity contribution in [3.63, 3.8) is 0 Å². The minimum Gasteiger partial charge on any atom is -0.507 e. The Kier molecular flexibility index (Phi) is 5.96. The zero-order valence-corrected chi connectivity index (χ0v) is 20.9. The smallest absolute Gasteiger partial charge is 0.301 e. The molecule has 186 valence electrons. The molecule has 0 saturated carbocycles. The average molecular weight is 516 g/mol. The van der Waals surface area contributed by atoms with Gasteiger partial charge in [-0.15, -0.1) is 0 Å². The molecule has 0 spiro atoms. The summed E-state index contributed by atoms with van der Waals surface area (Å²) in [6.45, 7) is 3.88. The molecule has 2 heterocycles. The summed E-state index contributed by atoms with van der Waals surface area (Å²) >= 11 is 1.26. The second-order valence-corrected chi connectivity index (χ2v) is 9.68. The van der Waals surface area contributed by atoms with E-state index in [2.05, 4.69) is 4.98 Å². The van der Waals surface area contributed by atoms with Gasteiger partial charge in [0.1, 0.15) is 11.5 Å². The fraction of sp³-hybridized carbons (Fsp3) is 0.148. The molecule has 1 N–H and O–H groups in total. The van der Waals surface area contributed by atoms with Gasteiger partial charge in [0.15, 0.2) is 5.13 Å². The van der Waals surface area contributed by atoms with Crippen LogP contribution in [0.15, 0.2) is 66.2 Å². The first-order chi connectivity index (χ1) is 17.7. The minimum atomic E-state index is -1.05. The molecule has 4 aromatic rings. The highest BCUT2D eigenvalue weighted by Gasteiger charge is 2.48. The van der Waals surface area contributed by atoms with E-state index >= 15 is 0 Å². The number of aliphatic hydroxyl groups excluding tert-OH is 1. The van der Waals surface area contributed by atoms with Crippen molar-refractivity contribution in [1.82, 2.24) is 4.98 Å². The number of rotatable bonds is 5. The molecule has 0 radical (unpaired) electrons. The first-order valence-electron chi connectivity index (χ1n) is 11.3. The number of thiazole rings is 1. The third-order valence-electron chi connectivity index (χ3n) is 6.23. The lowest BCUT2D eigenvalue weighted by Crippen LogP contribution is -2.29. The van der Waals surface area contributed by atoms with Crippen LogP contribution in [0.4, 0.5) is 10.8 Å². The second-order valence-electron chi connectivity index (χ2n) is 8.67. The molecule has 1 atom stereocenters. The highest BCUT2D eigenvalue weighted by molar-refractivity contribution is 7.22. The quantitative estimate of drug-likeness (QED) is 0.123. The van der Waals surface area contributed by atoms with E-state index < -0.39 is 22.7 Å². The van der Waals surface area contributed by atoms with E-state index in [9.17, 15) is 24.8 Å². The molecule has 1 aromatic heterocycles. The number of ether oxygens (including phenoxy) is 1. The number of aromatic nitrogens is 1. The Hall–Kier alpha value is -4.57. The number of benzene rings is 3. The fourth-order valence-electron chi connectivity index (χ4n) is 4.51. The SMILES string of the molecule is COc1cccc(/C(O)=C2\C(=O)C(=O)N(c3nc4c(C)cc(C)cc4s3)[C@H]2c2ccc([N+](=O)[O-])cc2)c1. The lowest BCUT2D eigenvalue weighted by Gasteiger charge is -2.23. The summed E-state index contributed by atoms with van der Waals surface area (Å²) in [5.41, 5.74) is 3.10. The molecule has 3 aromatic carbocycles. The normalized spacial score (nSPS) is 16.9. The molecule has 9 nitrogen and oxygen atoms in total. The summed E-state index contributed by atoms with van der Waals surface area (Å²) in [6.07, 6.45) is 0. The molecule has 1 aliphatic heterocycles. The number of ketones is 1. The molecule has 37 heavy (non-hydrogen) atoms. The first kappa shape index (κ1) is 24.1. The molecule has 1 aliphatic rings. The third-order valence-corrected chi connectivity index (χ3v) is 7.23. The molecule has 1 fully saturated rings.